The second-order valence-corrected chi connectivity index (χ2v) is 6.67. The van der Waals surface area contributed by atoms with Crippen LogP contribution in [0.2, 0.25) is 5.02 Å². The summed E-state index contributed by atoms with van der Waals surface area (Å²) in [5.41, 5.74) is 3.13. The molecule has 126 valence electrons. The number of likely N-dealkylation sites (N-methyl/N-ethyl adjacent to an activating group) is 1. The largest absolute Gasteiger partial charge is 0.351 e. The van der Waals surface area contributed by atoms with Gasteiger partial charge in [0.15, 0.2) is 11.5 Å². The van der Waals surface area contributed by atoms with Crippen LogP contribution in [-0.2, 0) is 6.42 Å². The highest BCUT2D eigenvalue weighted by Crippen LogP contribution is 2.28. The molecular weight excluding hydrogens is 329 g/mol. The molecular formula is C17H19ClFN5. The second-order valence-electron chi connectivity index (χ2n) is 6.26. The summed E-state index contributed by atoms with van der Waals surface area (Å²) in [6, 6.07) is 3.03. The number of benzene rings is 1. The molecule has 0 atom stereocenters. The van der Waals surface area contributed by atoms with E-state index in [0.29, 0.717) is 11.0 Å². The molecule has 0 aliphatic carbocycles. The van der Waals surface area contributed by atoms with Crippen molar-refractivity contribution in [1.82, 2.24) is 19.3 Å². The van der Waals surface area contributed by atoms with Crippen molar-refractivity contribution in [2.24, 2.45) is 0 Å². The van der Waals surface area contributed by atoms with E-state index in [4.69, 9.17) is 21.6 Å². The lowest BCUT2D eigenvalue weighted by molar-refractivity contribution is 0.312. The van der Waals surface area contributed by atoms with Crippen LogP contribution in [0.4, 0.5) is 10.2 Å². The minimum absolute atomic E-state index is 0.0921. The van der Waals surface area contributed by atoms with Gasteiger partial charge in [-0.3, -0.25) is 4.40 Å². The quantitative estimate of drug-likeness (QED) is 0.714. The van der Waals surface area contributed by atoms with E-state index in [1.54, 1.807) is 6.07 Å². The Labute approximate surface area is 144 Å². The number of nitrogens with zero attached hydrogens (tertiary/aromatic N) is 5. The van der Waals surface area contributed by atoms with Gasteiger partial charge >= 0.3 is 0 Å². The van der Waals surface area contributed by atoms with Crippen molar-refractivity contribution < 1.29 is 4.39 Å². The van der Waals surface area contributed by atoms with Gasteiger partial charge in [0, 0.05) is 38.4 Å². The van der Waals surface area contributed by atoms with Gasteiger partial charge in [-0.05, 0) is 19.5 Å². The van der Waals surface area contributed by atoms with Crippen molar-refractivity contribution in [3.05, 3.63) is 34.9 Å². The molecule has 1 fully saturated rings. The molecule has 1 aliphatic rings. The van der Waals surface area contributed by atoms with Crippen molar-refractivity contribution in [2.75, 3.05) is 38.1 Å². The van der Waals surface area contributed by atoms with E-state index in [-0.39, 0.29) is 5.02 Å². The molecule has 5 nitrogen and oxygen atoms in total. The van der Waals surface area contributed by atoms with E-state index in [0.717, 1.165) is 49.8 Å². The fourth-order valence-electron chi connectivity index (χ4n) is 3.14. The van der Waals surface area contributed by atoms with Gasteiger partial charge in [-0.1, -0.05) is 18.5 Å². The SMILES string of the molecule is CCc1cn2c(n1)c(N1CCN(C)CC1)nc1cc(Cl)c(F)cc12. The highest BCUT2D eigenvalue weighted by molar-refractivity contribution is 6.31. The number of aryl methyl sites for hydroxylation is 1. The molecule has 0 amide bonds. The Morgan fingerprint density at radius 2 is 1.92 bits per heavy atom. The Bertz CT molecular complexity index is 914. The predicted molar refractivity (Wildman–Crippen MR) is 94.5 cm³/mol. The maximum atomic E-state index is 14.0. The zero-order chi connectivity index (χ0) is 16.8. The van der Waals surface area contributed by atoms with Crippen LogP contribution in [0.1, 0.15) is 12.6 Å². The second kappa shape index (κ2) is 5.86. The first-order valence-electron chi connectivity index (χ1n) is 8.17. The third kappa shape index (κ3) is 2.50. The summed E-state index contributed by atoms with van der Waals surface area (Å²) in [4.78, 5) is 14.0. The fourth-order valence-corrected chi connectivity index (χ4v) is 3.30. The topological polar surface area (TPSA) is 36.7 Å². The van der Waals surface area contributed by atoms with Crippen LogP contribution in [0.5, 0.6) is 0 Å². The summed E-state index contributed by atoms with van der Waals surface area (Å²) in [6.07, 6.45) is 2.79. The number of rotatable bonds is 2. The third-order valence-electron chi connectivity index (χ3n) is 4.62. The average Bonchev–Trinajstić information content (AvgIpc) is 3.01. The molecule has 1 aliphatic heterocycles. The minimum Gasteiger partial charge on any atom is -0.351 e. The molecule has 0 saturated carbocycles. The van der Waals surface area contributed by atoms with E-state index in [2.05, 4.69) is 23.8 Å². The lowest BCUT2D eigenvalue weighted by atomic mass is 10.2. The van der Waals surface area contributed by atoms with Gasteiger partial charge < -0.3 is 9.80 Å². The van der Waals surface area contributed by atoms with Gasteiger partial charge in [0.2, 0.25) is 0 Å². The lowest BCUT2D eigenvalue weighted by Crippen LogP contribution is -2.45. The number of fused-ring (bicyclic) bond motifs is 3. The fraction of sp³-hybridized carbons (Fsp3) is 0.412. The number of piperazine rings is 1. The van der Waals surface area contributed by atoms with Gasteiger partial charge in [-0.15, -0.1) is 0 Å². The highest BCUT2D eigenvalue weighted by atomic mass is 35.5. The third-order valence-corrected chi connectivity index (χ3v) is 4.91. The van der Waals surface area contributed by atoms with Crippen molar-refractivity contribution in [3.63, 3.8) is 0 Å². The molecule has 7 heteroatoms. The van der Waals surface area contributed by atoms with Crippen molar-refractivity contribution in [3.8, 4) is 0 Å². The van der Waals surface area contributed by atoms with E-state index in [1.807, 2.05) is 10.6 Å². The van der Waals surface area contributed by atoms with E-state index in [1.165, 1.54) is 6.07 Å². The van der Waals surface area contributed by atoms with Crippen LogP contribution in [0, 0.1) is 5.82 Å². The molecule has 3 aromatic rings. The predicted octanol–water partition coefficient (Wildman–Crippen LogP) is 2.99. The maximum Gasteiger partial charge on any atom is 0.181 e. The summed E-state index contributed by atoms with van der Waals surface area (Å²) in [7, 11) is 2.12. The standard InChI is InChI=1S/C17H19ClFN5/c1-3-11-10-24-15-9-13(19)12(18)8-14(15)21-16(17(24)20-11)23-6-4-22(2)5-7-23/h8-10H,3-7H2,1-2H3. The first kappa shape index (κ1) is 15.6. The average molecular weight is 348 g/mol. The van der Waals surface area contributed by atoms with E-state index >= 15 is 0 Å². The molecule has 1 aromatic carbocycles. The summed E-state index contributed by atoms with van der Waals surface area (Å²) in [5.74, 6) is 0.407. The molecule has 3 heterocycles. The molecule has 2 aromatic heterocycles. The molecule has 0 bridgehead atoms. The summed E-state index contributed by atoms with van der Waals surface area (Å²) in [6.45, 7) is 5.82. The molecule has 24 heavy (non-hydrogen) atoms. The zero-order valence-corrected chi connectivity index (χ0v) is 14.5. The van der Waals surface area contributed by atoms with Gasteiger partial charge in [0.05, 0.1) is 21.7 Å². The van der Waals surface area contributed by atoms with Gasteiger partial charge in [-0.25, -0.2) is 14.4 Å². The van der Waals surface area contributed by atoms with Crippen molar-refractivity contribution in [1.29, 1.82) is 0 Å². The van der Waals surface area contributed by atoms with Crippen LogP contribution in [0.15, 0.2) is 18.3 Å². The zero-order valence-electron chi connectivity index (χ0n) is 13.8. The molecule has 0 spiro atoms. The minimum atomic E-state index is -0.439. The molecule has 0 N–H and O–H groups in total. The summed E-state index contributed by atoms with van der Waals surface area (Å²) >= 11 is 5.97. The van der Waals surface area contributed by atoms with Gasteiger partial charge in [0.25, 0.3) is 0 Å². The van der Waals surface area contributed by atoms with Gasteiger partial charge in [-0.2, -0.15) is 0 Å². The Hall–Kier alpha value is -1.92. The number of aromatic nitrogens is 3. The number of hydrogen-bond acceptors (Lipinski definition) is 4. The number of imidazole rings is 1. The first-order chi connectivity index (χ1) is 11.6. The summed E-state index contributed by atoms with van der Waals surface area (Å²) < 4.78 is 15.9. The van der Waals surface area contributed by atoms with Crippen LogP contribution < -0.4 is 4.90 Å². The van der Waals surface area contributed by atoms with Gasteiger partial charge in [0.1, 0.15) is 5.82 Å². The summed E-state index contributed by atoms with van der Waals surface area (Å²) in [5, 5.41) is 0.0921. The normalized spacial score (nSPS) is 16.4. The van der Waals surface area contributed by atoms with Crippen LogP contribution in [0.3, 0.4) is 0 Å². The molecule has 0 unspecified atom stereocenters. The first-order valence-corrected chi connectivity index (χ1v) is 8.55. The number of anilines is 1. The van der Waals surface area contributed by atoms with Crippen LogP contribution >= 0.6 is 11.6 Å². The number of hydrogen-bond donors (Lipinski definition) is 0. The monoisotopic (exact) mass is 347 g/mol. The highest BCUT2D eigenvalue weighted by Gasteiger charge is 2.21. The van der Waals surface area contributed by atoms with Crippen molar-refractivity contribution >= 4 is 34.1 Å². The molecule has 1 saturated heterocycles. The Morgan fingerprint density at radius 1 is 1.17 bits per heavy atom. The van der Waals surface area contributed by atoms with E-state index in [9.17, 15) is 4.39 Å². The van der Waals surface area contributed by atoms with Crippen LogP contribution in [0.25, 0.3) is 16.7 Å². The van der Waals surface area contributed by atoms with Crippen molar-refractivity contribution in [2.45, 2.75) is 13.3 Å². The van der Waals surface area contributed by atoms with Crippen LogP contribution in [-0.4, -0.2) is 52.5 Å². The Kier molecular flexibility index (Phi) is 3.81. The Morgan fingerprint density at radius 3 is 2.62 bits per heavy atom. The Balaban J connectivity index is 1.96. The molecule has 4 rings (SSSR count). The van der Waals surface area contributed by atoms with E-state index < -0.39 is 5.82 Å². The number of halogens is 2. The lowest BCUT2D eigenvalue weighted by Gasteiger charge is -2.33. The molecule has 0 radical (unpaired) electrons. The maximum absolute atomic E-state index is 14.0. The smallest absolute Gasteiger partial charge is 0.181 e.